The summed E-state index contributed by atoms with van der Waals surface area (Å²) in [4.78, 5) is 0. The number of aryl methyl sites for hydroxylation is 1. The van der Waals surface area contributed by atoms with Crippen molar-refractivity contribution in [3.8, 4) is 0 Å². The molecule has 0 bridgehead atoms. The molecule has 2 unspecified atom stereocenters. The Morgan fingerprint density at radius 1 is 1.32 bits per heavy atom. The van der Waals surface area contributed by atoms with E-state index in [9.17, 15) is 13.2 Å². The summed E-state index contributed by atoms with van der Waals surface area (Å²) in [5.41, 5.74) is 1.28. The van der Waals surface area contributed by atoms with Gasteiger partial charge in [-0.1, -0.05) is 31.6 Å². The van der Waals surface area contributed by atoms with Gasteiger partial charge in [-0.3, -0.25) is 0 Å². The minimum atomic E-state index is -4.24. The van der Waals surface area contributed by atoms with Gasteiger partial charge in [0.05, 0.1) is 5.56 Å². The van der Waals surface area contributed by atoms with Crippen LogP contribution in [0.5, 0.6) is 0 Å². The Labute approximate surface area is 112 Å². The maximum absolute atomic E-state index is 12.6. The van der Waals surface area contributed by atoms with E-state index >= 15 is 0 Å². The Kier molecular flexibility index (Phi) is 4.02. The largest absolute Gasteiger partial charge is 0.416 e. The fourth-order valence-electron chi connectivity index (χ4n) is 2.49. The summed E-state index contributed by atoms with van der Waals surface area (Å²) in [6.45, 7) is 3.91. The van der Waals surface area contributed by atoms with Gasteiger partial charge in [-0.05, 0) is 54.9 Å². The van der Waals surface area contributed by atoms with Crippen molar-refractivity contribution in [2.24, 2.45) is 5.92 Å². The van der Waals surface area contributed by atoms with Gasteiger partial charge in [0.1, 0.15) is 0 Å². The van der Waals surface area contributed by atoms with Gasteiger partial charge < -0.3 is 0 Å². The van der Waals surface area contributed by atoms with E-state index in [0.717, 1.165) is 30.4 Å². The number of allylic oxidation sites excluding steroid dienone is 2. The average Bonchev–Trinajstić information content (AvgIpc) is 3.07. The van der Waals surface area contributed by atoms with Crippen molar-refractivity contribution in [1.29, 1.82) is 0 Å². The standard InChI is InChI=1S/C16H19F3/c1-3-4-5-6-12-10-15(12)14-8-7-13(9-11(14)2)16(17,18)19/h5-9,12,15H,3-4,10H2,1-2H3. The summed E-state index contributed by atoms with van der Waals surface area (Å²) in [6.07, 6.45) is 3.43. The summed E-state index contributed by atoms with van der Waals surface area (Å²) in [7, 11) is 0. The predicted octanol–water partition coefficient (Wildman–Crippen LogP) is 5.47. The summed E-state index contributed by atoms with van der Waals surface area (Å²) in [6, 6.07) is 4.12. The number of alkyl halides is 3. The van der Waals surface area contributed by atoms with Crippen molar-refractivity contribution in [2.75, 3.05) is 0 Å². The molecule has 3 heteroatoms. The second kappa shape index (κ2) is 5.40. The second-order valence-corrected chi connectivity index (χ2v) is 5.29. The Bertz CT molecular complexity index is 471. The summed E-state index contributed by atoms with van der Waals surface area (Å²) < 4.78 is 37.8. The highest BCUT2D eigenvalue weighted by Gasteiger charge is 2.38. The molecule has 0 nitrogen and oxygen atoms in total. The van der Waals surface area contributed by atoms with Crippen molar-refractivity contribution in [1.82, 2.24) is 0 Å². The first kappa shape index (κ1) is 14.2. The van der Waals surface area contributed by atoms with Crippen LogP contribution >= 0.6 is 0 Å². The van der Waals surface area contributed by atoms with Crippen molar-refractivity contribution in [3.63, 3.8) is 0 Å². The van der Waals surface area contributed by atoms with Crippen molar-refractivity contribution in [3.05, 3.63) is 47.0 Å². The van der Waals surface area contributed by atoms with Gasteiger partial charge in [-0.15, -0.1) is 0 Å². The molecule has 1 aromatic rings. The van der Waals surface area contributed by atoms with E-state index in [1.54, 1.807) is 13.0 Å². The molecule has 1 aliphatic rings. The maximum Gasteiger partial charge on any atom is 0.416 e. The average molecular weight is 268 g/mol. The molecular formula is C16H19F3. The molecule has 1 fully saturated rings. The third-order valence-electron chi connectivity index (χ3n) is 3.68. The van der Waals surface area contributed by atoms with E-state index in [1.165, 1.54) is 12.1 Å². The molecule has 0 heterocycles. The van der Waals surface area contributed by atoms with Crippen LogP contribution in [0, 0.1) is 12.8 Å². The maximum atomic E-state index is 12.6. The van der Waals surface area contributed by atoms with Crippen LogP contribution in [0.25, 0.3) is 0 Å². The van der Waals surface area contributed by atoms with Gasteiger partial charge in [-0.2, -0.15) is 13.2 Å². The number of hydrogen-bond donors (Lipinski definition) is 0. The molecular weight excluding hydrogens is 249 g/mol. The SMILES string of the molecule is CCCC=CC1CC1c1ccc(C(F)(F)F)cc1C. The van der Waals surface area contributed by atoms with Gasteiger partial charge >= 0.3 is 6.18 Å². The first-order valence-corrected chi connectivity index (χ1v) is 6.78. The molecule has 19 heavy (non-hydrogen) atoms. The highest BCUT2D eigenvalue weighted by molar-refractivity contribution is 5.38. The summed E-state index contributed by atoms with van der Waals surface area (Å²) in [5, 5.41) is 0. The lowest BCUT2D eigenvalue weighted by molar-refractivity contribution is -0.137. The predicted molar refractivity (Wildman–Crippen MR) is 71.1 cm³/mol. The fourth-order valence-corrected chi connectivity index (χ4v) is 2.49. The molecule has 0 aliphatic heterocycles. The molecule has 1 aromatic carbocycles. The Morgan fingerprint density at radius 2 is 2.05 bits per heavy atom. The monoisotopic (exact) mass is 268 g/mol. The lowest BCUT2D eigenvalue weighted by Crippen LogP contribution is -2.05. The first-order chi connectivity index (χ1) is 8.93. The van der Waals surface area contributed by atoms with Crippen LogP contribution in [-0.2, 0) is 6.18 Å². The van der Waals surface area contributed by atoms with Crippen LogP contribution in [0.4, 0.5) is 13.2 Å². The van der Waals surface area contributed by atoms with Crippen molar-refractivity contribution >= 4 is 0 Å². The van der Waals surface area contributed by atoms with Gasteiger partial charge in [0.25, 0.3) is 0 Å². The molecule has 0 amide bonds. The minimum absolute atomic E-state index is 0.412. The Morgan fingerprint density at radius 3 is 2.63 bits per heavy atom. The quantitative estimate of drug-likeness (QED) is 0.635. The molecule has 0 spiro atoms. The minimum Gasteiger partial charge on any atom is -0.166 e. The number of halogens is 3. The molecule has 2 rings (SSSR count). The zero-order valence-electron chi connectivity index (χ0n) is 11.3. The number of benzene rings is 1. The van der Waals surface area contributed by atoms with Gasteiger partial charge in [0.15, 0.2) is 0 Å². The molecule has 0 saturated heterocycles. The van der Waals surface area contributed by atoms with E-state index in [1.807, 2.05) is 0 Å². The van der Waals surface area contributed by atoms with Gasteiger partial charge in [-0.25, -0.2) is 0 Å². The molecule has 1 aliphatic carbocycles. The first-order valence-electron chi connectivity index (χ1n) is 6.78. The Balaban J connectivity index is 2.08. The highest BCUT2D eigenvalue weighted by Crippen LogP contribution is 2.49. The van der Waals surface area contributed by atoms with E-state index in [0.29, 0.717) is 11.8 Å². The topological polar surface area (TPSA) is 0 Å². The zero-order valence-corrected chi connectivity index (χ0v) is 11.3. The van der Waals surface area contributed by atoms with Crippen LogP contribution in [0.3, 0.4) is 0 Å². The Hall–Kier alpha value is -1.25. The summed E-state index contributed by atoms with van der Waals surface area (Å²) >= 11 is 0. The molecule has 0 N–H and O–H groups in total. The van der Waals surface area contributed by atoms with E-state index in [2.05, 4.69) is 19.1 Å². The highest BCUT2D eigenvalue weighted by atomic mass is 19.4. The second-order valence-electron chi connectivity index (χ2n) is 5.29. The third kappa shape index (κ3) is 3.40. The van der Waals surface area contributed by atoms with Crippen LogP contribution in [0.2, 0.25) is 0 Å². The van der Waals surface area contributed by atoms with E-state index < -0.39 is 11.7 Å². The lowest BCUT2D eigenvalue weighted by atomic mass is 10.00. The third-order valence-corrected chi connectivity index (χ3v) is 3.68. The number of unbranched alkanes of at least 4 members (excludes halogenated alkanes) is 1. The van der Waals surface area contributed by atoms with Crippen LogP contribution in [0.15, 0.2) is 30.4 Å². The fraction of sp³-hybridized carbons (Fsp3) is 0.500. The van der Waals surface area contributed by atoms with Gasteiger partial charge in [0.2, 0.25) is 0 Å². The lowest BCUT2D eigenvalue weighted by Gasteiger charge is -2.10. The van der Waals surface area contributed by atoms with Crippen molar-refractivity contribution in [2.45, 2.75) is 45.2 Å². The van der Waals surface area contributed by atoms with E-state index in [4.69, 9.17) is 0 Å². The van der Waals surface area contributed by atoms with E-state index in [-0.39, 0.29) is 0 Å². The molecule has 0 radical (unpaired) electrons. The molecule has 1 saturated carbocycles. The zero-order chi connectivity index (χ0) is 14.0. The molecule has 104 valence electrons. The number of hydrogen-bond acceptors (Lipinski definition) is 0. The van der Waals surface area contributed by atoms with Crippen molar-refractivity contribution < 1.29 is 13.2 Å². The normalized spacial score (nSPS) is 23.0. The number of rotatable bonds is 4. The molecule has 2 atom stereocenters. The van der Waals surface area contributed by atoms with Crippen LogP contribution < -0.4 is 0 Å². The van der Waals surface area contributed by atoms with Crippen LogP contribution in [-0.4, -0.2) is 0 Å². The smallest absolute Gasteiger partial charge is 0.166 e. The molecule has 0 aromatic heterocycles. The summed E-state index contributed by atoms with van der Waals surface area (Å²) in [5.74, 6) is 0.928. The van der Waals surface area contributed by atoms with Crippen LogP contribution in [0.1, 0.15) is 48.8 Å². The van der Waals surface area contributed by atoms with Gasteiger partial charge in [0, 0.05) is 0 Å².